The van der Waals surface area contributed by atoms with Gasteiger partial charge < -0.3 is 15.3 Å². The summed E-state index contributed by atoms with van der Waals surface area (Å²) in [4.78, 5) is 25.4. The van der Waals surface area contributed by atoms with Crippen molar-refractivity contribution >= 4 is 23.3 Å². The van der Waals surface area contributed by atoms with Crippen molar-refractivity contribution in [1.29, 1.82) is 0 Å². The minimum Gasteiger partial charge on any atom is -0.479 e. The lowest BCUT2D eigenvalue weighted by Gasteiger charge is -2.34. The highest BCUT2D eigenvalue weighted by Crippen LogP contribution is 2.33. The van der Waals surface area contributed by atoms with Gasteiger partial charge in [-0.3, -0.25) is 0 Å². The molecule has 6 heteroatoms. The van der Waals surface area contributed by atoms with Gasteiger partial charge in [-0.05, 0) is 48.6 Å². The fraction of sp³-hybridized carbons (Fsp3) is 0.571. The maximum absolute atomic E-state index is 12.4. The van der Waals surface area contributed by atoms with Crippen LogP contribution >= 0.6 is 11.3 Å². The Balaban J connectivity index is 2.10. The molecule has 1 fully saturated rings. The first-order chi connectivity index (χ1) is 9.51. The number of thiophene rings is 1. The van der Waals surface area contributed by atoms with Gasteiger partial charge in [-0.15, -0.1) is 0 Å². The number of amides is 2. The average Bonchev–Trinajstić information content (AvgIpc) is 3.08. The number of carbonyl (C=O) groups excluding carboxylic acids is 1. The summed E-state index contributed by atoms with van der Waals surface area (Å²) >= 11 is 1.58. The van der Waals surface area contributed by atoms with Crippen molar-refractivity contribution in [2.75, 3.05) is 6.54 Å². The Morgan fingerprint density at radius 2 is 2.35 bits per heavy atom. The third kappa shape index (κ3) is 2.52. The molecule has 0 aliphatic carbocycles. The Morgan fingerprint density at radius 3 is 2.90 bits per heavy atom. The van der Waals surface area contributed by atoms with Gasteiger partial charge in [-0.1, -0.05) is 6.92 Å². The van der Waals surface area contributed by atoms with Crippen molar-refractivity contribution in [2.45, 2.75) is 44.7 Å². The molecule has 2 heterocycles. The van der Waals surface area contributed by atoms with E-state index in [0.717, 1.165) is 12.0 Å². The van der Waals surface area contributed by atoms with Gasteiger partial charge in [0, 0.05) is 6.54 Å². The zero-order valence-corrected chi connectivity index (χ0v) is 12.6. The smallest absolute Gasteiger partial charge is 0.329 e. The molecule has 1 aliphatic rings. The maximum atomic E-state index is 12.4. The normalized spacial score (nSPS) is 23.6. The van der Waals surface area contributed by atoms with Crippen LogP contribution in [0.25, 0.3) is 0 Å². The lowest BCUT2D eigenvalue weighted by atomic mass is 9.93. The standard InChI is InChI=1S/C14H20N2O3S/c1-3-14(12(17)18)6-4-7-16(14)13(19)15-10(2)11-5-8-20-9-11/h5,8-10H,3-4,6-7H2,1-2H3,(H,15,19)(H,17,18). The van der Waals surface area contributed by atoms with E-state index in [4.69, 9.17) is 0 Å². The molecule has 0 spiro atoms. The first-order valence-corrected chi connectivity index (χ1v) is 7.79. The number of hydrogen-bond donors (Lipinski definition) is 2. The molecular weight excluding hydrogens is 276 g/mol. The molecule has 0 radical (unpaired) electrons. The van der Waals surface area contributed by atoms with Crippen molar-refractivity contribution < 1.29 is 14.7 Å². The SMILES string of the molecule is CCC1(C(=O)O)CCCN1C(=O)NC(C)c1ccsc1. The summed E-state index contributed by atoms with van der Waals surface area (Å²) in [5, 5.41) is 16.3. The monoisotopic (exact) mass is 296 g/mol. The number of carboxylic acid groups (broad SMARTS) is 1. The molecule has 1 aromatic heterocycles. The van der Waals surface area contributed by atoms with Crippen molar-refractivity contribution in [2.24, 2.45) is 0 Å². The molecule has 1 aliphatic heterocycles. The number of urea groups is 1. The number of likely N-dealkylation sites (tertiary alicyclic amines) is 1. The topological polar surface area (TPSA) is 69.6 Å². The highest BCUT2D eigenvalue weighted by Gasteiger charge is 2.48. The molecule has 2 amide bonds. The molecule has 110 valence electrons. The van der Waals surface area contributed by atoms with E-state index in [2.05, 4.69) is 5.32 Å². The van der Waals surface area contributed by atoms with Crippen LogP contribution < -0.4 is 5.32 Å². The van der Waals surface area contributed by atoms with Gasteiger partial charge in [0.2, 0.25) is 0 Å². The Bertz CT molecular complexity index is 489. The van der Waals surface area contributed by atoms with Gasteiger partial charge in [0.05, 0.1) is 6.04 Å². The van der Waals surface area contributed by atoms with Gasteiger partial charge in [0.25, 0.3) is 0 Å². The molecule has 1 aromatic rings. The lowest BCUT2D eigenvalue weighted by Crippen LogP contribution is -2.55. The van der Waals surface area contributed by atoms with E-state index in [-0.39, 0.29) is 12.1 Å². The number of carbonyl (C=O) groups is 2. The summed E-state index contributed by atoms with van der Waals surface area (Å²) in [6.45, 7) is 4.23. The van der Waals surface area contributed by atoms with Crippen LogP contribution in [0.1, 0.15) is 44.7 Å². The molecule has 1 saturated heterocycles. The van der Waals surface area contributed by atoms with E-state index in [0.29, 0.717) is 19.4 Å². The van der Waals surface area contributed by atoms with Crippen molar-refractivity contribution in [3.63, 3.8) is 0 Å². The van der Waals surface area contributed by atoms with Crippen molar-refractivity contribution in [1.82, 2.24) is 10.2 Å². The molecule has 0 bridgehead atoms. The van der Waals surface area contributed by atoms with Crippen LogP contribution in [0, 0.1) is 0 Å². The van der Waals surface area contributed by atoms with Crippen LogP contribution in [-0.2, 0) is 4.79 Å². The molecular formula is C14H20N2O3S. The summed E-state index contributed by atoms with van der Waals surface area (Å²) < 4.78 is 0. The minimum absolute atomic E-state index is 0.113. The first-order valence-electron chi connectivity index (χ1n) is 6.85. The van der Waals surface area contributed by atoms with Crippen LogP contribution in [0.4, 0.5) is 4.79 Å². The summed E-state index contributed by atoms with van der Waals surface area (Å²) in [5.74, 6) is -0.907. The third-order valence-electron chi connectivity index (χ3n) is 4.10. The Labute approximate surface area is 122 Å². The predicted octanol–water partition coefficient (Wildman–Crippen LogP) is 2.85. The largest absolute Gasteiger partial charge is 0.479 e. The summed E-state index contributed by atoms with van der Waals surface area (Å²) in [6, 6.07) is 1.56. The lowest BCUT2D eigenvalue weighted by molar-refractivity contribution is -0.148. The van der Waals surface area contributed by atoms with Crippen LogP contribution in [0.15, 0.2) is 16.8 Å². The minimum atomic E-state index is -1.04. The second-order valence-electron chi connectivity index (χ2n) is 5.17. The van der Waals surface area contributed by atoms with Crippen LogP contribution in [-0.4, -0.2) is 34.1 Å². The molecule has 0 aromatic carbocycles. The maximum Gasteiger partial charge on any atom is 0.329 e. The van der Waals surface area contributed by atoms with Crippen LogP contribution in [0.3, 0.4) is 0 Å². The highest BCUT2D eigenvalue weighted by atomic mass is 32.1. The molecule has 2 atom stereocenters. The predicted molar refractivity (Wildman–Crippen MR) is 77.9 cm³/mol. The Kier molecular flexibility index (Phi) is 4.32. The first kappa shape index (κ1) is 14.8. The fourth-order valence-corrected chi connectivity index (χ4v) is 3.54. The van der Waals surface area contributed by atoms with E-state index < -0.39 is 11.5 Å². The van der Waals surface area contributed by atoms with Crippen molar-refractivity contribution in [3.05, 3.63) is 22.4 Å². The Morgan fingerprint density at radius 1 is 1.60 bits per heavy atom. The number of rotatable bonds is 4. The van der Waals surface area contributed by atoms with Crippen LogP contribution in [0.2, 0.25) is 0 Å². The highest BCUT2D eigenvalue weighted by molar-refractivity contribution is 7.07. The van der Waals surface area contributed by atoms with Crippen molar-refractivity contribution in [3.8, 4) is 0 Å². The van der Waals surface area contributed by atoms with E-state index in [9.17, 15) is 14.7 Å². The van der Waals surface area contributed by atoms with Crippen LogP contribution in [0.5, 0.6) is 0 Å². The molecule has 20 heavy (non-hydrogen) atoms. The summed E-state index contributed by atoms with van der Waals surface area (Å²) in [5.41, 5.74) is -0.00157. The van der Waals surface area contributed by atoms with E-state index >= 15 is 0 Å². The van der Waals surface area contributed by atoms with Gasteiger partial charge in [0.15, 0.2) is 0 Å². The molecule has 2 unspecified atom stereocenters. The van der Waals surface area contributed by atoms with E-state index in [1.54, 1.807) is 11.3 Å². The van der Waals surface area contributed by atoms with Gasteiger partial charge in [0.1, 0.15) is 5.54 Å². The number of nitrogens with one attached hydrogen (secondary N) is 1. The molecule has 5 nitrogen and oxygen atoms in total. The Hall–Kier alpha value is -1.56. The molecule has 0 saturated carbocycles. The number of nitrogens with zero attached hydrogens (tertiary/aromatic N) is 1. The zero-order valence-electron chi connectivity index (χ0n) is 11.8. The number of carboxylic acids is 1. The summed E-state index contributed by atoms with van der Waals surface area (Å²) in [6.07, 6.45) is 1.70. The van der Waals surface area contributed by atoms with Gasteiger partial charge in [-0.2, -0.15) is 11.3 Å². The van der Waals surface area contributed by atoms with Gasteiger partial charge >= 0.3 is 12.0 Å². The molecule has 2 N–H and O–H groups in total. The fourth-order valence-electron chi connectivity index (χ4n) is 2.78. The molecule has 2 rings (SSSR count). The third-order valence-corrected chi connectivity index (χ3v) is 4.80. The number of aliphatic carboxylic acids is 1. The average molecular weight is 296 g/mol. The number of hydrogen-bond acceptors (Lipinski definition) is 3. The van der Waals surface area contributed by atoms with E-state index in [1.165, 1.54) is 4.90 Å². The van der Waals surface area contributed by atoms with E-state index in [1.807, 2.05) is 30.7 Å². The zero-order chi connectivity index (χ0) is 14.8. The summed E-state index contributed by atoms with van der Waals surface area (Å²) in [7, 11) is 0. The quantitative estimate of drug-likeness (QED) is 0.897. The second-order valence-corrected chi connectivity index (χ2v) is 5.95. The van der Waals surface area contributed by atoms with Gasteiger partial charge in [-0.25, -0.2) is 9.59 Å². The second kappa shape index (κ2) is 5.83.